The van der Waals surface area contributed by atoms with Crippen molar-refractivity contribution in [3.63, 3.8) is 0 Å². The minimum absolute atomic E-state index is 0.731. The molecule has 26 heavy (non-hydrogen) atoms. The lowest BCUT2D eigenvalue weighted by molar-refractivity contribution is 0.726. The van der Waals surface area contributed by atoms with Gasteiger partial charge in [0.25, 0.3) is 0 Å². The Morgan fingerprint density at radius 3 is 2.46 bits per heavy atom. The smallest absolute Gasteiger partial charge is 0.247 e. The van der Waals surface area contributed by atoms with E-state index in [1.54, 1.807) is 6.20 Å². The Balaban J connectivity index is 1.75. The highest BCUT2D eigenvalue weighted by atomic mass is 15.3. The van der Waals surface area contributed by atoms with Gasteiger partial charge >= 0.3 is 0 Å². The SMILES string of the molecule is CCN(CC)c1ccc(Nc2cnnc(N3CCCCCC3)n2)c(C)c1. The van der Waals surface area contributed by atoms with Gasteiger partial charge in [0.2, 0.25) is 5.95 Å². The summed E-state index contributed by atoms with van der Waals surface area (Å²) in [7, 11) is 0. The molecule has 2 aromatic rings. The van der Waals surface area contributed by atoms with Crippen molar-refractivity contribution in [1.29, 1.82) is 0 Å². The van der Waals surface area contributed by atoms with Crippen molar-refractivity contribution in [1.82, 2.24) is 15.2 Å². The molecule has 3 rings (SSSR count). The second-order valence-electron chi connectivity index (χ2n) is 6.84. The van der Waals surface area contributed by atoms with Crippen LogP contribution in [0.1, 0.15) is 45.1 Å². The number of hydrogen-bond donors (Lipinski definition) is 1. The first-order valence-electron chi connectivity index (χ1n) is 9.78. The van der Waals surface area contributed by atoms with Crippen molar-refractivity contribution in [2.45, 2.75) is 46.5 Å². The van der Waals surface area contributed by atoms with Gasteiger partial charge in [-0.25, -0.2) is 0 Å². The summed E-state index contributed by atoms with van der Waals surface area (Å²) in [5.41, 5.74) is 3.51. The third-order valence-electron chi connectivity index (χ3n) is 5.04. The van der Waals surface area contributed by atoms with Gasteiger partial charge in [-0.2, -0.15) is 10.1 Å². The molecule has 2 heterocycles. The van der Waals surface area contributed by atoms with E-state index < -0.39 is 0 Å². The molecule has 1 aromatic heterocycles. The molecule has 0 spiro atoms. The van der Waals surface area contributed by atoms with Crippen molar-refractivity contribution in [2.75, 3.05) is 41.3 Å². The summed E-state index contributed by atoms with van der Waals surface area (Å²) in [6, 6.07) is 6.50. The largest absolute Gasteiger partial charge is 0.372 e. The van der Waals surface area contributed by atoms with Gasteiger partial charge in [0.1, 0.15) is 0 Å². The molecule has 0 bridgehead atoms. The Kier molecular flexibility index (Phi) is 6.26. The zero-order valence-electron chi connectivity index (χ0n) is 16.2. The molecule has 1 N–H and O–H groups in total. The van der Waals surface area contributed by atoms with Crippen LogP contribution in [0.15, 0.2) is 24.4 Å². The van der Waals surface area contributed by atoms with Crippen molar-refractivity contribution in [3.8, 4) is 0 Å². The zero-order chi connectivity index (χ0) is 18.4. The maximum atomic E-state index is 4.70. The predicted octanol–water partition coefficient (Wildman–Crippen LogP) is 4.15. The highest BCUT2D eigenvalue weighted by molar-refractivity contribution is 5.65. The monoisotopic (exact) mass is 354 g/mol. The molecule has 140 valence electrons. The standard InChI is InChI=1S/C20H30N6/c1-4-25(5-2)17-10-11-18(16(3)14-17)22-19-15-21-24-20(23-19)26-12-8-6-7-9-13-26/h10-11,14-15H,4-9,12-13H2,1-3H3,(H,22,23,24). The molecular formula is C20H30N6. The van der Waals surface area contributed by atoms with Crippen LogP contribution < -0.4 is 15.1 Å². The summed E-state index contributed by atoms with van der Waals surface area (Å²) in [4.78, 5) is 9.29. The van der Waals surface area contributed by atoms with Crippen LogP contribution in [0.5, 0.6) is 0 Å². The van der Waals surface area contributed by atoms with Crippen LogP contribution in [0.4, 0.5) is 23.1 Å². The second kappa shape index (κ2) is 8.83. The van der Waals surface area contributed by atoms with Crippen LogP contribution in [-0.2, 0) is 0 Å². The van der Waals surface area contributed by atoms with Crippen LogP contribution in [-0.4, -0.2) is 41.4 Å². The van der Waals surface area contributed by atoms with Gasteiger partial charge in [-0.15, -0.1) is 5.10 Å². The molecule has 0 amide bonds. The Hall–Kier alpha value is -2.37. The van der Waals surface area contributed by atoms with E-state index in [2.05, 4.69) is 64.3 Å². The van der Waals surface area contributed by atoms with Gasteiger partial charge < -0.3 is 15.1 Å². The molecule has 0 atom stereocenters. The first-order chi connectivity index (χ1) is 12.7. The fourth-order valence-electron chi connectivity index (χ4n) is 3.47. The summed E-state index contributed by atoms with van der Waals surface area (Å²) in [5, 5.41) is 11.8. The van der Waals surface area contributed by atoms with E-state index in [0.29, 0.717) is 0 Å². The molecular weight excluding hydrogens is 324 g/mol. The lowest BCUT2D eigenvalue weighted by Crippen LogP contribution is -2.26. The maximum Gasteiger partial charge on any atom is 0.247 e. The first kappa shape index (κ1) is 18.4. The molecule has 6 heteroatoms. The van der Waals surface area contributed by atoms with Crippen LogP contribution in [0.2, 0.25) is 0 Å². The topological polar surface area (TPSA) is 57.2 Å². The normalized spacial score (nSPS) is 14.8. The predicted molar refractivity (Wildman–Crippen MR) is 109 cm³/mol. The Labute approximate surface area is 156 Å². The molecule has 1 aliphatic heterocycles. The third-order valence-corrected chi connectivity index (χ3v) is 5.04. The molecule has 0 aliphatic carbocycles. The average molecular weight is 355 g/mol. The van der Waals surface area contributed by atoms with Crippen LogP contribution in [0.25, 0.3) is 0 Å². The van der Waals surface area contributed by atoms with Gasteiger partial charge in [0.15, 0.2) is 5.82 Å². The van der Waals surface area contributed by atoms with Gasteiger partial charge in [-0.1, -0.05) is 12.8 Å². The molecule has 1 fully saturated rings. The number of aromatic nitrogens is 3. The number of nitrogens with one attached hydrogen (secondary N) is 1. The second-order valence-corrected chi connectivity index (χ2v) is 6.84. The van der Waals surface area contributed by atoms with Crippen molar-refractivity contribution < 1.29 is 0 Å². The summed E-state index contributed by atoms with van der Waals surface area (Å²) >= 11 is 0. The lowest BCUT2D eigenvalue weighted by atomic mass is 10.1. The van der Waals surface area contributed by atoms with E-state index in [-0.39, 0.29) is 0 Å². The minimum Gasteiger partial charge on any atom is -0.372 e. The van der Waals surface area contributed by atoms with Gasteiger partial charge in [0, 0.05) is 37.6 Å². The fraction of sp³-hybridized carbons (Fsp3) is 0.550. The molecule has 1 aliphatic rings. The molecule has 0 saturated carbocycles. The fourth-order valence-corrected chi connectivity index (χ4v) is 3.47. The minimum atomic E-state index is 0.731. The third kappa shape index (κ3) is 4.42. The zero-order valence-corrected chi connectivity index (χ0v) is 16.2. The summed E-state index contributed by atoms with van der Waals surface area (Å²) in [6.45, 7) is 10.5. The van der Waals surface area contributed by atoms with Crippen molar-refractivity contribution in [2.24, 2.45) is 0 Å². The summed E-state index contributed by atoms with van der Waals surface area (Å²) in [5.74, 6) is 1.48. The summed E-state index contributed by atoms with van der Waals surface area (Å²) < 4.78 is 0. The van der Waals surface area contributed by atoms with E-state index in [1.165, 1.54) is 36.9 Å². The quantitative estimate of drug-likeness (QED) is 0.841. The number of aryl methyl sites for hydroxylation is 1. The van der Waals surface area contributed by atoms with Gasteiger partial charge in [0.05, 0.1) is 6.20 Å². The van der Waals surface area contributed by atoms with E-state index in [0.717, 1.165) is 43.6 Å². The van der Waals surface area contributed by atoms with Crippen LogP contribution >= 0.6 is 0 Å². The number of benzene rings is 1. The van der Waals surface area contributed by atoms with Crippen molar-refractivity contribution in [3.05, 3.63) is 30.0 Å². The number of nitrogens with zero attached hydrogens (tertiary/aromatic N) is 5. The molecule has 1 saturated heterocycles. The highest BCUT2D eigenvalue weighted by Crippen LogP contribution is 2.25. The van der Waals surface area contributed by atoms with Gasteiger partial charge in [-0.3, -0.25) is 0 Å². The molecule has 0 radical (unpaired) electrons. The Morgan fingerprint density at radius 2 is 1.81 bits per heavy atom. The molecule has 6 nitrogen and oxygen atoms in total. The van der Waals surface area contributed by atoms with Gasteiger partial charge in [-0.05, 0) is 57.4 Å². The first-order valence-corrected chi connectivity index (χ1v) is 9.78. The highest BCUT2D eigenvalue weighted by Gasteiger charge is 2.14. The average Bonchev–Trinajstić information content (AvgIpc) is 2.95. The number of rotatable bonds is 6. The van der Waals surface area contributed by atoms with Crippen LogP contribution in [0.3, 0.4) is 0 Å². The van der Waals surface area contributed by atoms with E-state index in [4.69, 9.17) is 4.98 Å². The van der Waals surface area contributed by atoms with Crippen LogP contribution in [0, 0.1) is 6.92 Å². The van der Waals surface area contributed by atoms with E-state index in [9.17, 15) is 0 Å². The number of anilines is 4. The lowest BCUT2D eigenvalue weighted by Gasteiger charge is -2.22. The molecule has 0 unspecified atom stereocenters. The maximum absolute atomic E-state index is 4.70. The van der Waals surface area contributed by atoms with E-state index in [1.807, 2.05) is 0 Å². The Morgan fingerprint density at radius 1 is 1.08 bits per heavy atom. The van der Waals surface area contributed by atoms with Crippen molar-refractivity contribution >= 4 is 23.1 Å². The Bertz CT molecular complexity index is 705. The summed E-state index contributed by atoms with van der Waals surface area (Å²) in [6.07, 6.45) is 6.68. The molecule has 1 aromatic carbocycles. The number of hydrogen-bond acceptors (Lipinski definition) is 6. The van der Waals surface area contributed by atoms with E-state index >= 15 is 0 Å².